The summed E-state index contributed by atoms with van der Waals surface area (Å²) in [6, 6.07) is 6.58. The second-order valence-electron chi connectivity index (χ2n) is 4.61. The number of benzene rings is 1. The summed E-state index contributed by atoms with van der Waals surface area (Å²) in [7, 11) is 0. The van der Waals surface area contributed by atoms with Crippen molar-refractivity contribution >= 4 is 5.97 Å². The van der Waals surface area contributed by atoms with Gasteiger partial charge >= 0.3 is 12.1 Å². The summed E-state index contributed by atoms with van der Waals surface area (Å²) in [6.45, 7) is 1.69. The van der Waals surface area contributed by atoms with Crippen molar-refractivity contribution in [3.63, 3.8) is 0 Å². The third kappa shape index (κ3) is 3.24. The molecule has 1 aromatic carbocycles. The van der Waals surface area contributed by atoms with Gasteiger partial charge in [-0.05, 0) is 25.0 Å². The van der Waals surface area contributed by atoms with E-state index in [4.69, 9.17) is 5.11 Å². The fourth-order valence-electron chi connectivity index (χ4n) is 2.09. The van der Waals surface area contributed by atoms with Crippen LogP contribution in [0.25, 0.3) is 5.69 Å². The summed E-state index contributed by atoms with van der Waals surface area (Å²) < 4.78 is 40.7. The predicted molar refractivity (Wildman–Crippen MR) is 69.3 cm³/mol. The fraction of sp³-hybridized carbons (Fsp3) is 0.286. The SMILES string of the molecule is Cc1ccccc1-n1ncc(CCC(=O)O)c1C(F)(F)F. The average molecular weight is 298 g/mol. The molecule has 0 aliphatic carbocycles. The Morgan fingerprint density at radius 3 is 2.57 bits per heavy atom. The van der Waals surface area contributed by atoms with Crippen molar-refractivity contribution in [1.82, 2.24) is 9.78 Å². The molecule has 1 aromatic heterocycles. The number of nitrogens with zero attached hydrogens (tertiary/aromatic N) is 2. The van der Waals surface area contributed by atoms with Crippen LogP contribution in [-0.4, -0.2) is 20.9 Å². The van der Waals surface area contributed by atoms with Crippen LogP contribution in [0.15, 0.2) is 30.5 Å². The molecule has 2 aromatic rings. The molecule has 0 saturated carbocycles. The minimum Gasteiger partial charge on any atom is -0.481 e. The van der Waals surface area contributed by atoms with E-state index in [1.165, 1.54) is 0 Å². The van der Waals surface area contributed by atoms with Crippen LogP contribution < -0.4 is 0 Å². The van der Waals surface area contributed by atoms with Gasteiger partial charge in [-0.3, -0.25) is 4.79 Å². The van der Waals surface area contributed by atoms with Crippen LogP contribution in [-0.2, 0) is 17.4 Å². The number of para-hydroxylation sites is 1. The average Bonchev–Trinajstić information content (AvgIpc) is 2.80. The third-order valence-corrected chi connectivity index (χ3v) is 3.07. The molecule has 1 N–H and O–H groups in total. The minimum atomic E-state index is -4.60. The number of halogens is 3. The zero-order valence-corrected chi connectivity index (χ0v) is 11.2. The zero-order valence-electron chi connectivity index (χ0n) is 11.2. The minimum absolute atomic E-state index is 0.117. The number of carbonyl (C=O) groups is 1. The Hall–Kier alpha value is -2.31. The van der Waals surface area contributed by atoms with Gasteiger partial charge in [-0.15, -0.1) is 0 Å². The van der Waals surface area contributed by atoms with Crippen molar-refractivity contribution in [2.24, 2.45) is 0 Å². The maximum Gasteiger partial charge on any atom is 0.433 e. The van der Waals surface area contributed by atoms with Crippen LogP contribution >= 0.6 is 0 Å². The number of hydrogen-bond donors (Lipinski definition) is 1. The summed E-state index contributed by atoms with van der Waals surface area (Å²) in [6.07, 6.45) is -4.11. The largest absolute Gasteiger partial charge is 0.481 e. The highest BCUT2D eigenvalue weighted by atomic mass is 19.4. The van der Waals surface area contributed by atoms with Crippen LogP contribution in [0.2, 0.25) is 0 Å². The van der Waals surface area contributed by atoms with Crippen LogP contribution in [0.4, 0.5) is 13.2 Å². The number of aromatic nitrogens is 2. The Labute approximate surface area is 118 Å². The Balaban J connectivity index is 2.52. The number of alkyl halides is 3. The van der Waals surface area contributed by atoms with Crippen molar-refractivity contribution < 1.29 is 23.1 Å². The highest BCUT2D eigenvalue weighted by Gasteiger charge is 2.38. The van der Waals surface area contributed by atoms with E-state index >= 15 is 0 Å². The lowest BCUT2D eigenvalue weighted by Crippen LogP contribution is -2.16. The lowest BCUT2D eigenvalue weighted by Gasteiger charge is -2.14. The molecule has 0 radical (unpaired) electrons. The second kappa shape index (κ2) is 5.59. The molecule has 0 atom stereocenters. The monoisotopic (exact) mass is 298 g/mol. The van der Waals surface area contributed by atoms with E-state index in [9.17, 15) is 18.0 Å². The van der Waals surface area contributed by atoms with E-state index in [0.717, 1.165) is 10.9 Å². The molecule has 0 aliphatic heterocycles. The lowest BCUT2D eigenvalue weighted by molar-refractivity contribution is -0.144. The normalized spacial score (nSPS) is 11.6. The standard InChI is InChI=1S/C14H13F3N2O2/c1-9-4-2-3-5-11(9)19-13(14(15,16)17)10(8-18-19)6-7-12(20)21/h2-5,8H,6-7H2,1H3,(H,20,21). The van der Waals surface area contributed by atoms with Gasteiger partial charge in [-0.2, -0.15) is 18.3 Å². The van der Waals surface area contributed by atoms with Crippen LogP contribution in [0, 0.1) is 6.92 Å². The number of carboxylic acids is 1. The van der Waals surface area contributed by atoms with E-state index in [0.29, 0.717) is 11.3 Å². The second-order valence-corrected chi connectivity index (χ2v) is 4.61. The van der Waals surface area contributed by atoms with Crippen molar-refractivity contribution in [3.05, 3.63) is 47.3 Å². The van der Waals surface area contributed by atoms with Crippen molar-refractivity contribution in [1.29, 1.82) is 0 Å². The number of rotatable bonds is 4. The van der Waals surface area contributed by atoms with Gasteiger partial charge in [0.1, 0.15) is 0 Å². The fourth-order valence-corrected chi connectivity index (χ4v) is 2.09. The Kier molecular flexibility index (Phi) is 4.02. The molecule has 0 aliphatic rings. The molecule has 112 valence electrons. The first-order valence-corrected chi connectivity index (χ1v) is 6.22. The van der Waals surface area contributed by atoms with Gasteiger partial charge in [-0.25, -0.2) is 4.68 Å². The summed E-state index contributed by atoms with van der Waals surface area (Å²) in [5.74, 6) is -1.15. The molecule has 21 heavy (non-hydrogen) atoms. The van der Waals surface area contributed by atoms with Crippen LogP contribution in [0.3, 0.4) is 0 Å². The van der Waals surface area contributed by atoms with Gasteiger partial charge in [0.25, 0.3) is 0 Å². The Bertz CT molecular complexity index is 662. The van der Waals surface area contributed by atoms with Gasteiger partial charge in [0, 0.05) is 12.0 Å². The van der Waals surface area contributed by atoms with Gasteiger partial charge in [-0.1, -0.05) is 18.2 Å². The van der Waals surface area contributed by atoms with Crippen molar-refractivity contribution in [2.45, 2.75) is 25.9 Å². The molecular formula is C14H13F3N2O2. The number of aliphatic carboxylic acids is 1. The topological polar surface area (TPSA) is 55.1 Å². The Morgan fingerprint density at radius 1 is 1.33 bits per heavy atom. The highest BCUT2D eigenvalue weighted by Crippen LogP contribution is 2.34. The molecule has 0 saturated heterocycles. The van der Waals surface area contributed by atoms with E-state index in [2.05, 4.69) is 5.10 Å². The molecule has 0 fully saturated rings. The molecule has 0 amide bonds. The molecule has 0 spiro atoms. The first kappa shape index (κ1) is 15.1. The molecular weight excluding hydrogens is 285 g/mol. The smallest absolute Gasteiger partial charge is 0.433 e. The number of carboxylic acid groups (broad SMARTS) is 1. The van der Waals surface area contributed by atoms with Crippen LogP contribution in [0.5, 0.6) is 0 Å². The van der Waals surface area contributed by atoms with Crippen molar-refractivity contribution in [2.75, 3.05) is 0 Å². The summed E-state index contributed by atoms with van der Waals surface area (Å²) in [5.41, 5.74) is -0.0616. The van der Waals surface area contributed by atoms with Gasteiger partial charge in [0.05, 0.1) is 11.9 Å². The first-order valence-electron chi connectivity index (χ1n) is 6.22. The Morgan fingerprint density at radius 2 is 2.00 bits per heavy atom. The van der Waals surface area contributed by atoms with E-state index in [-0.39, 0.29) is 18.4 Å². The molecule has 2 rings (SSSR count). The molecule has 0 bridgehead atoms. The highest BCUT2D eigenvalue weighted by molar-refractivity contribution is 5.67. The quantitative estimate of drug-likeness (QED) is 0.943. The first-order chi connectivity index (χ1) is 9.80. The summed E-state index contributed by atoms with van der Waals surface area (Å²) in [4.78, 5) is 10.6. The van der Waals surface area contributed by atoms with Crippen LogP contribution in [0.1, 0.15) is 23.2 Å². The van der Waals surface area contributed by atoms with Gasteiger partial charge < -0.3 is 5.11 Å². The van der Waals surface area contributed by atoms with Crippen molar-refractivity contribution in [3.8, 4) is 5.69 Å². The van der Waals surface area contributed by atoms with Gasteiger partial charge in [0.2, 0.25) is 0 Å². The zero-order chi connectivity index (χ0) is 15.6. The van der Waals surface area contributed by atoms with E-state index in [1.807, 2.05) is 0 Å². The van der Waals surface area contributed by atoms with E-state index < -0.39 is 17.8 Å². The molecule has 4 nitrogen and oxygen atoms in total. The molecule has 0 unspecified atom stereocenters. The predicted octanol–water partition coefficient (Wildman–Crippen LogP) is 3.22. The number of aryl methyl sites for hydroxylation is 2. The third-order valence-electron chi connectivity index (χ3n) is 3.07. The summed E-state index contributed by atoms with van der Waals surface area (Å²) in [5, 5.41) is 12.4. The molecule has 1 heterocycles. The summed E-state index contributed by atoms with van der Waals surface area (Å²) >= 11 is 0. The lowest BCUT2D eigenvalue weighted by atomic mass is 10.1. The van der Waals surface area contributed by atoms with E-state index in [1.54, 1.807) is 31.2 Å². The molecule has 7 heteroatoms. The maximum atomic E-state index is 13.3. The number of hydrogen-bond acceptors (Lipinski definition) is 2. The maximum absolute atomic E-state index is 13.3. The van der Waals surface area contributed by atoms with Gasteiger partial charge in [0.15, 0.2) is 5.69 Å².